The molecule has 2 atom stereocenters. The SMILES string of the molecule is O=C(N[C@H]1C(=O)N[C@H]1CS)OCc1ccccc1. The number of benzene rings is 1. The molecule has 0 radical (unpaired) electrons. The Morgan fingerprint density at radius 2 is 2.11 bits per heavy atom. The predicted molar refractivity (Wildman–Crippen MR) is 69.3 cm³/mol. The first-order valence-electron chi connectivity index (χ1n) is 5.59. The highest BCUT2D eigenvalue weighted by atomic mass is 32.1. The number of amides is 2. The van der Waals surface area contributed by atoms with Gasteiger partial charge in [-0.25, -0.2) is 4.79 Å². The van der Waals surface area contributed by atoms with E-state index in [0.717, 1.165) is 5.56 Å². The second-order valence-electron chi connectivity index (χ2n) is 3.98. The zero-order valence-electron chi connectivity index (χ0n) is 9.63. The molecule has 1 saturated heterocycles. The van der Waals surface area contributed by atoms with Crippen LogP contribution in [-0.4, -0.2) is 29.8 Å². The van der Waals surface area contributed by atoms with Crippen LogP contribution in [0.4, 0.5) is 4.79 Å². The van der Waals surface area contributed by atoms with Gasteiger partial charge in [0, 0.05) is 5.75 Å². The summed E-state index contributed by atoms with van der Waals surface area (Å²) in [6, 6.07) is 8.69. The summed E-state index contributed by atoms with van der Waals surface area (Å²) in [7, 11) is 0. The fourth-order valence-electron chi connectivity index (χ4n) is 1.65. The van der Waals surface area contributed by atoms with Gasteiger partial charge in [-0.15, -0.1) is 0 Å². The molecule has 1 heterocycles. The van der Waals surface area contributed by atoms with Gasteiger partial charge in [0.05, 0.1) is 6.04 Å². The van der Waals surface area contributed by atoms with E-state index < -0.39 is 12.1 Å². The van der Waals surface area contributed by atoms with Gasteiger partial charge >= 0.3 is 6.09 Å². The van der Waals surface area contributed by atoms with E-state index in [4.69, 9.17) is 4.74 Å². The van der Waals surface area contributed by atoms with Gasteiger partial charge in [0.1, 0.15) is 12.6 Å². The minimum absolute atomic E-state index is 0.120. The topological polar surface area (TPSA) is 67.4 Å². The number of β-lactam (4-membered cyclic amide) rings is 1. The Bertz CT molecular complexity index is 438. The number of carbonyl (C=O) groups excluding carboxylic acids is 2. The molecular formula is C12H14N2O3S. The minimum Gasteiger partial charge on any atom is -0.445 e. The van der Waals surface area contributed by atoms with Crippen LogP contribution in [0.1, 0.15) is 5.56 Å². The molecule has 0 unspecified atom stereocenters. The molecule has 2 rings (SSSR count). The number of nitrogens with one attached hydrogen (secondary N) is 2. The maximum absolute atomic E-state index is 11.5. The van der Waals surface area contributed by atoms with Crippen molar-refractivity contribution < 1.29 is 14.3 Å². The van der Waals surface area contributed by atoms with Gasteiger partial charge in [0.15, 0.2) is 0 Å². The third-order valence-electron chi connectivity index (χ3n) is 2.70. The highest BCUT2D eigenvalue weighted by Crippen LogP contribution is 2.08. The number of hydrogen-bond donors (Lipinski definition) is 3. The first-order chi connectivity index (χ1) is 8.70. The van der Waals surface area contributed by atoms with E-state index in [1.807, 2.05) is 30.3 Å². The van der Waals surface area contributed by atoms with Crippen molar-refractivity contribution >= 4 is 24.6 Å². The molecule has 2 N–H and O–H groups in total. The molecule has 0 saturated carbocycles. The molecule has 0 aromatic heterocycles. The summed E-state index contributed by atoms with van der Waals surface area (Å²) < 4.78 is 5.02. The van der Waals surface area contributed by atoms with Crippen molar-refractivity contribution in [1.82, 2.24) is 10.6 Å². The van der Waals surface area contributed by atoms with Gasteiger partial charge in [-0.1, -0.05) is 30.3 Å². The quantitative estimate of drug-likeness (QED) is 0.555. The normalized spacial score (nSPS) is 21.7. The number of carbonyl (C=O) groups is 2. The largest absolute Gasteiger partial charge is 0.445 e. The summed E-state index contributed by atoms with van der Waals surface area (Å²) in [5, 5.41) is 5.15. The number of alkyl carbamates (subject to hydrolysis) is 1. The van der Waals surface area contributed by atoms with Gasteiger partial charge in [-0.3, -0.25) is 4.79 Å². The standard InChI is InChI=1S/C12H14N2O3S/c15-11-10(9(7-18)13-11)14-12(16)17-6-8-4-2-1-3-5-8/h1-5,9-10,18H,6-7H2,(H,13,15)(H,14,16)/t9-,10+/m0/s1. The molecule has 1 aliphatic heterocycles. The smallest absolute Gasteiger partial charge is 0.408 e. The molecule has 6 heteroatoms. The van der Waals surface area contributed by atoms with Gasteiger partial charge in [0.25, 0.3) is 0 Å². The van der Waals surface area contributed by atoms with Crippen molar-refractivity contribution in [3.8, 4) is 0 Å². The van der Waals surface area contributed by atoms with E-state index in [-0.39, 0.29) is 18.6 Å². The van der Waals surface area contributed by atoms with E-state index in [2.05, 4.69) is 23.3 Å². The Balaban J connectivity index is 1.77. The van der Waals surface area contributed by atoms with Crippen molar-refractivity contribution in [1.29, 1.82) is 0 Å². The van der Waals surface area contributed by atoms with Crippen LogP contribution < -0.4 is 10.6 Å². The van der Waals surface area contributed by atoms with Crippen LogP contribution in [0, 0.1) is 0 Å². The second kappa shape index (κ2) is 5.77. The van der Waals surface area contributed by atoms with Gasteiger partial charge in [-0.2, -0.15) is 12.6 Å². The Morgan fingerprint density at radius 3 is 2.72 bits per heavy atom. The Hall–Kier alpha value is -1.69. The average Bonchev–Trinajstić information content (AvgIpc) is 2.41. The molecule has 18 heavy (non-hydrogen) atoms. The molecule has 2 amide bonds. The fourth-order valence-corrected chi connectivity index (χ4v) is 1.95. The van der Waals surface area contributed by atoms with Crippen molar-refractivity contribution in [2.75, 3.05) is 5.75 Å². The summed E-state index contributed by atoms with van der Waals surface area (Å²) >= 11 is 4.07. The molecule has 96 valence electrons. The van der Waals surface area contributed by atoms with Crippen LogP contribution in [0.25, 0.3) is 0 Å². The van der Waals surface area contributed by atoms with Crippen molar-refractivity contribution in [2.24, 2.45) is 0 Å². The minimum atomic E-state index is -0.592. The summed E-state index contributed by atoms with van der Waals surface area (Å²) in [6.07, 6.45) is -0.592. The first kappa shape index (κ1) is 12.8. The van der Waals surface area contributed by atoms with Crippen LogP contribution in [0.3, 0.4) is 0 Å². The molecule has 0 spiro atoms. The maximum atomic E-state index is 11.5. The second-order valence-corrected chi connectivity index (χ2v) is 4.35. The lowest BCUT2D eigenvalue weighted by atomic mass is 10.0. The molecule has 1 aliphatic rings. The molecule has 1 aromatic rings. The van der Waals surface area contributed by atoms with E-state index in [9.17, 15) is 9.59 Å². The third kappa shape index (κ3) is 2.95. The van der Waals surface area contributed by atoms with Crippen LogP contribution >= 0.6 is 12.6 Å². The highest BCUT2D eigenvalue weighted by Gasteiger charge is 2.39. The molecule has 1 fully saturated rings. The lowest BCUT2D eigenvalue weighted by molar-refractivity contribution is -0.130. The van der Waals surface area contributed by atoms with Crippen molar-refractivity contribution in [3.05, 3.63) is 35.9 Å². The Kier molecular flexibility index (Phi) is 4.09. The molecule has 0 aliphatic carbocycles. The lowest BCUT2D eigenvalue weighted by Gasteiger charge is -2.35. The van der Waals surface area contributed by atoms with Crippen molar-refractivity contribution in [3.63, 3.8) is 0 Å². The molecular weight excluding hydrogens is 252 g/mol. The third-order valence-corrected chi connectivity index (χ3v) is 3.09. The summed E-state index contributed by atoms with van der Waals surface area (Å²) in [5.74, 6) is 0.278. The van der Waals surface area contributed by atoms with Crippen LogP contribution in [0.5, 0.6) is 0 Å². The average molecular weight is 266 g/mol. The Labute approximate surface area is 110 Å². The number of hydrogen-bond acceptors (Lipinski definition) is 4. The van der Waals surface area contributed by atoms with Gasteiger partial charge in [-0.05, 0) is 5.56 Å². The summed E-state index contributed by atoms with van der Waals surface area (Å²) in [6.45, 7) is 0.187. The summed E-state index contributed by atoms with van der Waals surface area (Å²) in [4.78, 5) is 22.7. The molecule has 5 nitrogen and oxygen atoms in total. The van der Waals surface area contributed by atoms with Crippen LogP contribution in [-0.2, 0) is 16.1 Å². The maximum Gasteiger partial charge on any atom is 0.408 e. The lowest BCUT2D eigenvalue weighted by Crippen LogP contribution is -2.69. The van der Waals surface area contributed by atoms with E-state index in [0.29, 0.717) is 5.75 Å². The van der Waals surface area contributed by atoms with E-state index in [1.54, 1.807) is 0 Å². The molecule has 0 bridgehead atoms. The zero-order chi connectivity index (χ0) is 13.0. The predicted octanol–water partition coefficient (Wildman–Crippen LogP) is 0.710. The van der Waals surface area contributed by atoms with Gasteiger partial charge in [0.2, 0.25) is 5.91 Å². The highest BCUT2D eigenvalue weighted by molar-refractivity contribution is 7.80. The Morgan fingerprint density at radius 1 is 1.39 bits per heavy atom. The first-order valence-corrected chi connectivity index (χ1v) is 6.22. The monoisotopic (exact) mass is 266 g/mol. The van der Waals surface area contributed by atoms with Crippen molar-refractivity contribution in [2.45, 2.75) is 18.7 Å². The number of ether oxygens (including phenoxy) is 1. The summed E-state index contributed by atoms with van der Waals surface area (Å²) in [5.41, 5.74) is 0.899. The zero-order valence-corrected chi connectivity index (χ0v) is 10.5. The van der Waals surface area contributed by atoms with E-state index in [1.165, 1.54) is 0 Å². The molecule has 1 aromatic carbocycles. The van der Waals surface area contributed by atoms with Crippen LogP contribution in [0.2, 0.25) is 0 Å². The van der Waals surface area contributed by atoms with E-state index >= 15 is 0 Å². The fraction of sp³-hybridized carbons (Fsp3) is 0.333. The van der Waals surface area contributed by atoms with Gasteiger partial charge < -0.3 is 15.4 Å². The van der Waals surface area contributed by atoms with Crippen LogP contribution in [0.15, 0.2) is 30.3 Å². The number of rotatable bonds is 4. The number of thiol groups is 1.